The largest absolute Gasteiger partial charge is 0.573 e. The number of aliphatic hydroxyl groups excluding tert-OH is 1. The van der Waals surface area contributed by atoms with Gasteiger partial charge in [-0.25, -0.2) is 0 Å². The summed E-state index contributed by atoms with van der Waals surface area (Å²) < 4.78 is 40.7. The highest BCUT2D eigenvalue weighted by atomic mass is 19.4. The van der Waals surface area contributed by atoms with Crippen LogP contribution in [0.3, 0.4) is 0 Å². The Morgan fingerprint density at radius 3 is 2.67 bits per heavy atom. The molecule has 0 saturated heterocycles. The smallest absolute Gasteiger partial charge is 0.405 e. The average molecular weight is 303 g/mol. The molecule has 2 N–H and O–H groups in total. The van der Waals surface area contributed by atoms with E-state index in [1.54, 1.807) is 0 Å². The highest BCUT2D eigenvalue weighted by Gasteiger charge is 2.33. The molecule has 116 valence electrons. The summed E-state index contributed by atoms with van der Waals surface area (Å²) in [5, 5.41) is 12.2. The maximum absolute atomic E-state index is 12.3. The van der Waals surface area contributed by atoms with Gasteiger partial charge in [-0.1, -0.05) is 18.6 Å². The molecule has 1 aliphatic rings. The van der Waals surface area contributed by atoms with Crippen molar-refractivity contribution in [2.24, 2.45) is 5.92 Å². The molecule has 1 amide bonds. The van der Waals surface area contributed by atoms with E-state index in [1.807, 2.05) is 0 Å². The number of benzene rings is 1. The number of carbonyl (C=O) groups excluding carboxylic acids is 1. The topological polar surface area (TPSA) is 58.6 Å². The molecule has 2 rings (SSSR count). The Bertz CT molecular complexity index is 504. The normalized spacial score (nSPS) is 22.1. The van der Waals surface area contributed by atoms with E-state index in [1.165, 1.54) is 18.2 Å². The molecule has 1 saturated carbocycles. The molecule has 1 aromatic carbocycles. The first-order valence-electron chi connectivity index (χ1n) is 6.68. The first-order chi connectivity index (χ1) is 9.87. The Labute approximate surface area is 119 Å². The van der Waals surface area contributed by atoms with Crippen LogP contribution in [0.4, 0.5) is 13.2 Å². The Morgan fingerprint density at radius 2 is 2.05 bits per heavy atom. The molecule has 1 aliphatic carbocycles. The Hall–Kier alpha value is -1.76. The van der Waals surface area contributed by atoms with Crippen molar-refractivity contribution in [3.63, 3.8) is 0 Å². The number of carbonyl (C=O) groups is 1. The second-order valence-electron chi connectivity index (χ2n) is 5.01. The van der Waals surface area contributed by atoms with Crippen LogP contribution in [0.2, 0.25) is 0 Å². The van der Waals surface area contributed by atoms with Crippen LogP contribution in [0.5, 0.6) is 5.75 Å². The van der Waals surface area contributed by atoms with Crippen LogP contribution in [-0.4, -0.2) is 30.0 Å². The molecule has 0 aromatic heterocycles. The zero-order chi connectivity index (χ0) is 15.5. The SMILES string of the molecule is O=C(NC[C@@H]1CCC[C@@H]1O)c1ccccc1OC(F)(F)F. The van der Waals surface area contributed by atoms with E-state index in [2.05, 4.69) is 10.1 Å². The molecular formula is C14H16F3NO3. The van der Waals surface area contributed by atoms with Gasteiger partial charge in [-0.2, -0.15) is 0 Å². The van der Waals surface area contributed by atoms with Crippen LogP contribution < -0.4 is 10.1 Å². The number of hydrogen-bond acceptors (Lipinski definition) is 3. The number of halogens is 3. The molecule has 4 nitrogen and oxygen atoms in total. The maximum atomic E-state index is 12.3. The van der Waals surface area contributed by atoms with Gasteiger partial charge >= 0.3 is 6.36 Å². The Balaban J connectivity index is 2.01. The van der Waals surface area contributed by atoms with Crippen molar-refractivity contribution in [1.82, 2.24) is 5.32 Å². The number of amides is 1. The molecule has 1 aromatic rings. The van der Waals surface area contributed by atoms with Gasteiger partial charge in [0.25, 0.3) is 5.91 Å². The fourth-order valence-corrected chi connectivity index (χ4v) is 2.44. The summed E-state index contributed by atoms with van der Waals surface area (Å²) in [6, 6.07) is 5.18. The van der Waals surface area contributed by atoms with Crippen molar-refractivity contribution >= 4 is 5.91 Å². The maximum Gasteiger partial charge on any atom is 0.573 e. The number of ether oxygens (including phenoxy) is 1. The molecule has 0 heterocycles. The minimum Gasteiger partial charge on any atom is -0.405 e. The monoisotopic (exact) mass is 303 g/mol. The molecule has 0 aliphatic heterocycles. The van der Waals surface area contributed by atoms with Crippen molar-refractivity contribution < 1.29 is 27.8 Å². The van der Waals surface area contributed by atoms with E-state index in [4.69, 9.17) is 0 Å². The van der Waals surface area contributed by atoms with Crippen LogP contribution in [-0.2, 0) is 0 Å². The van der Waals surface area contributed by atoms with Gasteiger partial charge in [-0.05, 0) is 25.0 Å². The standard InChI is InChI=1S/C14H16F3NO3/c15-14(16,17)21-12-7-2-1-5-10(12)13(20)18-8-9-4-3-6-11(9)19/h1-2,5,7,9,11,19H,3-4,6,8H2,(H,18,20)/t9-,11-/m0/s1. The lowest BCUT2D eigenvalue weighted by Crippen LogP contribution is -2.33. The number of nitrogens with one attached hydrogen (secondary N) is 1. The minimum absolute atomic E-state index is 0.0513. The van der Waals surface area contributed by atoms with Crippen LogP contribution in [0, 0.1) is 5.92 Å². The van der Waals surface area contributed by atoms with Crippen LogP contribution in [0.15, 0.2) is 24.3 Å². The summed E-state index contributed by atoms with van der Waals surface area (Å²) in [7, 11) is 0. The van der Waals surface area contributed by atoms with Crippen molar-refractivity contribution in [2.45, 2.75) is 31.7 Å². The summed E-state index contributed by atoms with van der Waals surface area (Å²) in [6.45, 7) is 0.236. The second kappa shape index (κ2) is 6.34. The lowest BCUT2D eigenvalue weighted by atomic mass is 10.1. The van der Waals surface area contributed by atoms with Gasteiger partial charge in [0, 0.05) is 12.5 Å². The van der Waals surface area contributed by atoms with E-state index in [-0.39, 0.29) is 18.0 Å². The van der Waals surface area contributed by atoms with Gasteiger partial charge in [-0.3, -0.25) is 4.79 Å². The zero-order valence-corrected chi connectivity index (χ0v) is 11.2. The van der Waals surface area contributed by atoms with Gasteiger partial charge < -0.3 is 15.2 Å². The van der Waals surface area contributed by atoms with Crippen molar-refractivity contribution in [3.05, 3.63) is 29.8 Å². The number of para-hydroxylation sites is 1. The molecule has 0 unspecified atom stereocenters. The third-order valence-corrected chi connectivity index (χ3v) is 3.50. The highest BCUT2D eigenvalue weighted by molar-refractivity contribution is 5.96. The fourth-order valence-electron chi connectivity index (χ4n) is 2.44. The molecule has 0 radical (unpaired) electrons. The van der Waals surface area contributed by atoms with Gasteiger partial charge in [0.1, 0.15) is 5.75 Å². The summed E-state index contributed by atoms with van der Waals surface area (Å²) in [4.78, 5) is 12.0. The number of hydrogen-bond donors (Lipinski definition) is 2. The van der Waals surface area contributed by atoms with E-state index in [0.717, 1.165) is 18.9 Å². The molecule has 7 heteroatoms. The van der Waals surface area contributed by atoms with Gasteiger partial charge in [0.05, 0.1) is 11.7 Å². The minimum atomic E-state index is -4.85. The predicted octanol–water partition coefficient (Wildman–Crippen LogP) is 2.48. The summed E-state index contributed by atoms with van der Waals surface area (Å²) in [5.74, 6) is -1.23. The number of aliphatic hydroxyl groups is 1. The van der Waals surface area contributed by atoms with E-state index >= 15 is 0 Å². The fraction of sp³-hybridized carbons (Fsp3) is 0.500. The summed E-state index contributed by atoms with van der Waals surface area (Å²) in [5.41, 5.74) is -0.178. The summed E-state index contributed by atoms with van der Waals surface area (Å²) in [6.07, 6.45) is -2.95. The number of alkyl halides is 3. The van der Waals surface area contributed by atoms with Gasteiger partial charge in [-0.15, -0.1) is 13.2 Å². The second-order valence-corrected chi connectivity index (χ2v) is 5.01. The molecular weight excluding hydrogens is 287 g/mol. The Morgan fingerprint density at radius 1 is 1.33 bits per heavy atom. The predicted molar refractivity (Wildman–Crippen MR) is 68.8 cm³/mol. The van der Waals surface area contributed by atoms with Gasteiger partial charge in [0.15, 0.2) is 0 Å². The first kappa shape index (κ1) is 15.6. The van der Waals surface area contributed by atoms with E-state index in [9.17, 15) is 23.1 Å². The zero-order valence-electron chi connectivity index (χ0n) is 11.2. The number of rotatable bonds is 4. The van der Waals surface area contributed by atoms with E-state index < -0.39 is 24.1 Å². The molecule has 0 bridgehead atoms. The van der Waals surface area contributed by atoms with Crippen molar-refractivity contribution in [1.29, 1.82) is 0 Å². The molecule has 2 atom stereocenters. The molecule has 0 spiro atoms. The quantitative estimate of drug-likeness (QED) is 0.898. The van der Waals surface area contributed by atoms with Crippen LogP contribution in [0.1, 0.15) is 29.6 Å². The first-order valence-corrected chi connectivity index (χ1v) is 6.68. The highest BCUT2D eigenvalue weighted by Crippen LogP contribution is 2.27. The summed E-state index contributed by atoms with van der Waals surface area (Å²) >= 11 is 0. The van der Waals surface area contributed by atoms with Crippen LogP contribution in [0.25, 0.3) is 0 Å². The van der Waals surface area contributed by atoms with Gasteiger partial charge in [0.2, 0.25) is 0 Å². The lowest BCUT2D eigenvalue weighted by molar-refractivity contribution is -0.274. The molecule has 1 fully saturated rings. The van der Waals surface area contributed by atoms with Crippen molar-refractivity contribution in [2.75, 3.05) is 6.54 Å². The third-order valence-electron chi connectivity index (χ3n) is 3.50. The van der Waals surface area contributed by atoms with Crippen molar-refractivity contribution in [3.8, 4) is 5.75 Å². The average Bonchev–Trinajstić information content (AvgIpc) is 2.80. The lowest BCUT2D eigenvalue weighted by Gasteiger charge is -2.16. The van der Waals surface area contributed by atoms with Crippen LogP contribution >= 0.6 is 0 Å². The third kappa shape index (κ3) is 4.35. The van der Waals surface area contributed by atoms with E-state index in [0.29, 0.717) is 6.42 Å². The molecule has 21 heavy (non-hydrogen) atoms. The Kier molecular flexibility index (Phi) is 4.72.